The van der Waals surface area contributed by atoms with Gasteiger partial charge >= 0.3 is 0 Å². The molecule has 0 unspecified atom stereocenters. The minimum Gasteiger partial charge on any atom is -0.192 e. The average Bonchev–Trinajstić information content (AvgIpc) is 3.88. The van der Waals surface area contributed by atoms with Gasteiger partial charge in [-0.1, -0.05) is 158 Å². The molecular formula is C64H34N2. The van der Waals surface area contributed by atoms with Gasteiger partial charge in [-0.2, -0.15) is 10.5 Å². The molecule has 0 saturated carbocycles. The molecule has 0 fully saturated rings. The summed E-state index contributed by atoms with van der Waals surface area (Å²) in [5, 5.41) is 32.5. The summed E-state index contributed by atoms with van der Waals surface area (Å²) in [4.78, 5) is 0. The van der Waals surface area contributed by atoms with Crippen LogP contribution >= 0.6 is 0 Å². The third-order valence-electron chi connectivity index (χ3n) is 14.4. The first-order chi connectivity index (χ1) is 32.6. The topological polar surface area (TPSA) is 47.6 Å². The van der Waals surface area contributed by atoms with Crippen LogP contribution < -0.4 is 0 Å². The summed E-state index contributed by atoms with van der Waals surface area (Å²) in [7, 11) is 0. The molecule has 0 saturated heterocycles. The Kier molecular flexibility index (Phi) is 7.56. The molecule has 2 aliphatic carbocycles. The Labute approximate surface area is 381 Å². The van der Waals surface area contributed by atoms with Gasteiger partial charge in [0.05, 0.1) is 23.3 Å². The Balaban J connectivity index is 1.17. The molecule has 0 atom stereocenters. The standard InChI is InChI=1S/C64H34N2/c65-35-37-23-25-43(51(29-37)39-11-3-1-4-12-39)53-31-54-44(55-32-56-45-19-7-15-41-16-8-20-46(61(41)45)57(56)33-59(53)55)27-28-49-58(54)34-60-47-21-9-17-42-18-10-22-50(62(42)47)64(60)63(49)48-26-24-38(36-66)30-52(48)40-13-5-2-6-14-40/h1-34H. The fourth-order valence-electron chi connectivity index (χ4n) is 11.6. The molecule has 12 aromatic carbocycles. The molecule has 0 heterocycles. The Bertz CT molecular complexity index is 4210. The van der Waals surface area contributed by atoms with Gasteiger partial charge in [0.15, 0.2) is 0 Å². The SMILES string of the molecule is N#Cc1ccc(-c2cc3c4cc5c(c(-c6ccc(C#N)cc6-c6ccccc6)c4ccc3c3cc4c(cc23)-c2cccc3cccc-4c23)-c2cccc3cccc-5c23)c(-c2ccccc2)c1. The van der Waals surface area contributed by atoms with Crippen LogP contribution in [0.5, 0.6) is 0 Å². The molecule has 0 aromatic heterocycles. The molecule has 66 heavy (non-hydrogen) atoms. The Morgan fingerprint density at radius 2 is 0.697 bits per heavy atom. The number of nitrogens with zero attached hydrogens (tertiary/aromatic N) is 2. The van der Waals surface area contributed by atoms with Crippen LogP contribution in [0.3, 0.4) is 0 Å². The number of nitriles is 2. The van der Waals surface area contributed by atoms with Gasteiger partial charge in [-0.3, -0.25) is 0 Å². The third kappa shape index (κ3) is 5.04. The van der Waals surface area contributed by atoms with Crippen molar-refractivity contribution in [3.8, 4) is 101 Å². The van der Waals surface area contributed by atoms with E-state index in [2.05, 4.69) is 188 Å². The number of benzene rings is 12. The summed E-state index contributed by atoms with van der Waals surface area (Å²) >= 11 is 0. The van der Waals surface area contributed by atoms with E-state index in [1.54, 1.807) is 0 Å². The lowest BCUT2D eigenvalue weighted by atomic mass is 9.81. The van der Waals surface area contributed by atoms with Crippen LogP contribution in [-0.2, 0) is 0 Å². The van der Waals surface area contributed by atoms with Gasteiger partial charge < -0.3 is 0 Å². The van der Waals surface area contributed by atoms with E-state index in [9.17, 15) is 10.5 Å². The van der Waals surface area contributed by atoms with E-state index in [-0.39, 0.29) is 0 Å². The van der Waals surface area contributed by atoms with E-state index in [1.165, 1.54) is 87.6 Å². The van der Waals surface area contributed by atoms with E-state index in [1.807, 2.05) is 30.3 Å². The lowest BCUT2D eigenvalue weighted by Gasteiger charge is -2.21. The summed E-state index contributed by atoms with van der Waals surface area (Å²) in [6, 6.07) is 79.3. The van der Waals surface area contributed by atoms with Crippen LogP contribution in [0.15, 0.2) is 206 Å². The normalized spacial score (nSPS) is 11.9. The van der Waals surface area contributed by atoms with E-state index in [0.29, 0.717) is 11.1 Å². The van der Waals surface area contributed by atoms with Crippen LogP contribution in [0.25, 0.3) is 143 Å². The molecule has 2 aliphatic rings. The van der Waals surface area contributed by atoms with Gasteiger partial charge in [-0.05, 0) is 191 Å². The summed E-state index contributed by atoms with van der Waals surface area (Å²) in [6.45, 7) is 0. The molecule has 2 heteroatoms. The number of hydrogen-bond donors (Lipinski definition) is 0. The Hall–Kier alpha value is -9.08. The van der Waals surface area contributed by atoms with Gasteiger partial charge in [-0.25, -0.2) is 0 Å². The fourth-order valence-corrected chi connectivity index (χ4v) is 11.6. The minimum atomic E-state index is 0.627. The molecule has 0 N–H and O–H groups in total. The van der Waals surface area contributed by atoms with Gasteiger partial charge in [0, 0.05) is 0 Å². The predicted molar refractivity (Wildman–Crippen MR) is 274 cm³/mol. The van der Waals surface area contributed by atoms with E-state index >= 15 is 0 Å². The summed E-state index contributed by atoms with van der Waals surface area (Å²) in [5.74, 6) is 0. The molecular weight excluding hydrogens is 797 g/mol. The van der Waals surface area contributed by atoms with Crippen LogP contribution in [-0.4, -0.2) is 0 Å². The van der Waals surface area contributed by atoms with Crippen molar-refractivity contribution in [1.29, 1.82) is 10.5 Å². The zero-order chi connectivity index (χ0) is 43.6. The molecule has 0 amide bonds. The van der Waals surface area contributed by atoms with Crippen molar-refractivity contribution in [3.05, 3.63) is 217 Å². The maximum absolute atomic E-state index is 10.2. The maximum atomic E-state index is 10.2. The number of rotatable bonds is 4. The Morgan fingerprint density at radius 3 is 1.30 bits per heavy atom. The van der Waals surface area contributed by atoms with E-state index in [4.69, 9.17) is 0 Å². The first-order valence-corrected chi connectivity index (χ1v) is 22.4. The molecule has 0 bridgehead atoms. The second-order valence-electron chi connectivity index (χ2n) is 17.7. The molecule has 0 spiro atoms. The van der Waals surface area contributed by atoms with Crippen LogP contribution in [0, 0.1) is 22.7 Å². The second kappa shape index (κ2) is 13.7. The first-order valence-electron chi connectivity index (χ1n) is 22.4. The van der Waals surface area contributed by atoms with Crippen molar-refractivity contribution in [1.82, 2.24) is 0 Å². The van der Waals surface area contributed by atoms with Crippen molar-refractivity contribution in [2.75, 3.05) is 0 Å². The predicted octanol–water partition coefficient (Wildman–Crippen LogP) is 17.2. The lowest BCUT2D eigenvalue weighted by molar-refractivity contribution is 1.48. The summed E-state index contributed by atoms with van der Waals surface area (Å²) < 4.78 is 0. The van der Waals surface area contributed by atoms with Crippen molar-refractivity contribution in [2.45, 2.75) is 0 Å². The average molecular weight is 831 g/mol. The van der Waals surface area contributed by atoms with Gasteiger partial charge in [0.1, 0.15) is 0 Å². The summed E-state index contributed by atoms with van der Waals surface area (Å²) in [5.41, 5.74) is 19.8. The third-order valence-corrected chi connectivity index (χ3v) is 14.4. The molecule has 0 radical (unpaired) electrons. The monoisotopic (exact) mass is 830 g/mol. The van der Waals surface area contributed by atoms with Crippen molar-refractivity contribution in [2.24, 2.45) is 0 Å². The van der Waals surface area contributed by atoms with Gasteiger partial charge in [0.25, 0.3) is 0 Å². The maximum Gasteiger partial charge on any atom is 0.0991 e. The van der Waals surface area contributed by atoms with Crippen LogP contribution in [0.2, 0.25) is 0 Å². The molecule has 12 aromatic rings. The highest BCUT2D eigenvalue weighted by atomic mass is 14.3. The van der Waals surface area contributed by atoms with Crippen LogP contribution in [0.1, 0.15) is 11.1 Å². The molecule has 300 valence electrons. The zero-order valence-electron chi connectivity index (χ0n) is 35.5. The number of hydrogen-bond acceptors (Lipinski definition) is 2. The quantitative estimate of drug-likeness (QED) is 0.166. The van der Waals surface area contributed by atoms with E-state index < -0.39 is 0 Å². The van der Waals surface area contributed by atoms with E-state index in [0.717, 1.165) is 55.3 Å². The minimum absolute atomic E-state index is 0.627. The highest BCUT2D eigenvalue weighted by molar-refractivity contribution is 6.30. The Morgan fingerprint density at radius 1 is 0.242 bits per heavy atom. The highest BCUT2D eigenvalue weighted by Gasteiger charge is 2.30. The zero-order valence-corrected chi connectivity index (χ0v) is 35.5. The van der Waals surface area contributed by atoms with Crippen molar-refractivity contribution < 1.29 is 0 Å². The summed E-state index contributed by atoms with van der Waals surface area (Å²) in [6.07, 6.45) is 0. The van der Waals surface area contributed by atoms with Crippen molar-refractivity contribution >= 4 is 53.9 Å². The van der Waals surface area contributed by atoms with Crippen molar-refractivity contribution in [3.63, 3.8) is 0 Å². The molecule has 14 rings (SSSR count). The first kappa shape index (κ1) is 36.4. The van der Waals surface area contributed by atoms with Crippen LogP contribution in [0.4, 0.5) is 0 Å². The lowest BCUT2D eigenvalue weighted by Crippen LogP contribution is -1.95. The molecule has 0 aliphatic heterocycles. The molecule has 2 nitrogen and oxygen atoms in total. The van der Waals surface area contributed by atoms with Gasteiger partial charge in [-0.15, -0.1) is 0 Å². The largest absolute Gasteiger partial charge is 0.192 e. The number of fused-ring (bicyclic) bond motifs is 11. The smallest absolute Gasteiger partial charge is 0.0991 e. The second-order valence-corrected chi connectivity index (χ2v) is 17.7. The highest BCUT2D eigenvalue weighted by Crippen LogP contribution is 2.57. The fraction of sp³-hybridized carbons (Fsp3) is 0. The van der Waals surface area contributed by atoms with Gasteiger partial charge in [0.2, 0.25) is 0 Å².